The Morgan fingerprint density at radius 2 is 1.39 bits per heavy atom. The lowest BCUT2D eigenvalue weighted by atomic mass is 9.79. The average molecular weight is 370 g/mol. The van der Waals surface area contributed by atoms with Gasteiger partial charge in [0.25, 0.3) is 0 Å². The minimum absolute atomic E-state index is 0.120. The summed E-state index contributed by atoms with van der Waals surface area (Å²) in [7, 11) is 0. The van der Waals surface area contributed by atoms with E-state index in [-0.39, 0.29) is 11.7 Å². The van der Waals surface area contributed by atoms with E-state index in [0.717, 1.165) is 23.1 Å². The monoisotopic (exact) mass is 370 g/mol. The highest BCUT2D eigenvalue weighted by molar-refractivity contribution is 6.06. The molecule has 1 aliphatic carbocycles. The third kappa shape index (κ3) is 4.48. The van der Waals surface area contributed by atoms with Crippen LogP contribution in [0.4, 0.5) is 11.4 Å². The van der Waals surface area contributed by atoms with Crippen molar-refractivity contribution >= 4 is 29.3 Å². The van der Waals surface area contributed by atoms with Gasteiger partial charge in [-0.2, -0.15) is 0 Å². The van der Waals surface area contributed by atoms with Crippen molar-refractivity contribution in [2.75, 3.05) is 0 Å². The fraction of sp³-hybridized carbons (Fsp3) is 0.190. The minimum Gasteiger partial charge on any atom is -0.294 e. The molecule has 7 heteroatoms. The Morgan fingerprint density at radius 1 is 0.893 bits per heavy atom. The zero-order valence-electron chi connectivity index (χ0n) is 15.4. The van der Waals surface area contributed by atoms with Gasteiger partial charge in [0.15, 0.2) is 5.78 Å². The van der Waals surface area contributed by atoms with E-state index in [1.165, 1.54) is 0 Å². The number of rotatable bonds is 4. The molecule has 0 saturated heterocycles. The molecule has 2 aromatic carbocycles. The van der Waals surface area contributed by atoms with Crippen LogP contribution in [-0.2, 0) is 4.79 Å². The highest BCUT2D eigenvalue weighted by atomic mass is 16.1. The zero-order valence-corrected chi connectivity index (χ0v) is 15.4. The summed E-state index contributed by atoms with van der Waals surface area (Å²) in [6.07, 6.45) is 5.24. The van der Waals surface area contributed by atoms with E-state index in [2.05, 4.69) is 27.0 Å². The second-order valence-electron chi connectivity index (χ2n) is 6.58. The van der Waals surface area contributed by atoms with E-state index in [1.807, 2.05) is 36.4 Å². The summed E-state index contributed by atoms with van der Waals surface area (Å²) in [5.74, 6) is 0.373. The lowest BCUT2D eigenvalue weighted by Gasteiger charge is -2.24. The maximum Gasteiger partial charge on any atom is 0.163 e. The SMILES string of the molecule is CC1CCC(=O)C(=Cc2ccc(N=[N+]=[N-])cc2)C1=Cc1ccc(N=[N+]=[N-])cc1. The standard InChI is InChI=1S/C21H18N6O/c1-14-2-11-21(28)20(13-16-5-9-18(10-6-16)25-27-23)19(14)12-15-3-7-17(8-4-15)24-26-22/h3-10,12-14H,2,11H2,1H3. The molecule has 1 unspecified atom stereocenters. The Labute approximate surface area is 162 Å². The molecule has 0 aromatic heterocycles. The fourth-order valence-corrected chi connectivity index (χ4v) is 3.17. The van der Waals surface area contributed by atoms with E-state index < -0.39 is 0 Å². The van der Waals surface area contributed by atoms with Gasteiger partial charge in [-0.25, -0.2) is 0 Å². The van der Waals surface area contributed by atoms with E-state index in [9.17, 15) is 4.79 Å². The second kappa shape index (κ2) is 8.73. The Balaban J connectivity index is 1.99. The van der Waals surface area contributed by atoms with Gasteiger partial charge in [-0.15, -0.1) is 0 Å². The Morgan fingerprint density at radius 3 is 1.89 bits per heavy atom. The summed E-state index contributed by atoms with van der Waals surface area (Å²) < 4.78 is 0. The number of ketones is 1. The van der Waals surface area contributed by atoms with E-state index in [0.29, 0.717) is 23.4 Å². The molecule has 0 heterocycles. The summed E-state index contributed by atoms with van der Waals surface area (Å²) in [6.45, 7) is 2.12. The molecule has 0 bridgehead atoms. The van der Waals surface area contributed by atoms with E-state index in [4.69, 9.17) is 11.1 Å². The van der Waals surface area contributed by atoms with Crippen molar-refractivity contribution in [1.29, 1.82) is 0 Å². The van der Waals surface area contributed by atoms with Gasteiger partial charge in [-0.1, -0.05) is 71.8 Å². The first-order valence-corrected chi connectivity index (χ1v) is 8.88. The van der Waals surface area contributed by atoms with Gasteiger partial charge in [0, 0.05) is 33.2 Å². The summed E-state index contributed by atoms with van der Waals surface area (Å²) >= 11 is 0. The third-order valence-electron chi connectivity index (χ3n) is 4.69. The van der Waals surface area contributed by atoms with Crippen LogP contribution in [0.3, 0.4) is 0 Å². The first-order chi connectivity index (χ1) is 13.6. The number of carbonyl (C=O) groups excluding carboxylic acids is 1. The van der Waals surface area contributed by atoms with Gasteiger partial charge < -0.3 is 0 Å². The third-order valence-corrected chi connectivity index (χ3v) is 4.69. The number of benzene rings is 2. The quantitative estimate of drug-likeness (QED) is 0.244. The number of azide groups is 2. The molecule has 0 radical (unpaired) electrons. The fourth-order valence-electron chi connectivity index (χ4n) is 3.17. The van der Waals surface area contributed by atoms with Crippen molar-refractivity contribution in [1.82, 2.24) is 0 Å². The van der Waals surface area contributed by atoms with Crippen molar-refractivity contribution in [2.45, 2.75) is 19.8 Å². The van der Waals surface area contributed by atoms with Crippen molar-refractivity contribution in [2.24, 2.45) is 16.1 Å². The summed E-state index contributed by atoms with van der Waals surface area (Å²) in [5, 5.41) is 7.14. The lowest BCUT2D eigenvalue weighted by Crippen LogP contribution is -2.18. The summed E-state index contributed by atoms with van der Waals surface area (Å²) in [5.41, 5.74) is 21.6. The van der Waals surface area contributed by atoms with Crippen LogP contribution in [0.15, 0.2) is 69.9 Å². The number of allylic oxidation sites excluding steroid dienone is 2. The van der Waals surface area contributed by atoms with Crippen molar-refractivity contribution in [3.05, 3.63) is 91.7 Å². The van der Waals surface area contributed by atoms with Crippen LogP contribution in [0, 0.1) is 5.92 Å². The lowest BCUT2D eigenvalue weighted by molar-refractivity contribution is -0.116. The van der Waals surface area contributed by atoms with Crippen LogP contribution in [0.5, 0.6) is 0 Å². The van der Waals surface area contributed by atoms with Gasteiger partial charge in [0.05, 0.1) is 0 Å². The predicted octanol–water partition coefficient (Wildman–Crippen LogP) is 7.04. The molecule has 0 N–H and O–H groups in total. The minimum atomic E-state index is 0.120. The van der Waals surface area contributed by atoms with Crippen molar-refractivity contribution in [3.8, 4) is 0 Å². The molecule has 0 amide bonds. The van der Waals surface area contributed by atoms with Crippen LogP contribution in [0.25, 0.3) is 33.0 Å². The Hall–Kier alpha value is -3.79. The molecular formula is C21H18N6O. The molecule has 0 spiro atoms. The maximum absolute atomic E-state index is 12.6. The van der Waals surface area contributed by atoms with Gasteiger partial charge in [0.1, 0.15) is 0 Å². The zero-order chi connectivity index (χ0) is 19.9. The smallest absolute Gasteiger partial charge is 0.163 e. The van der Waals surface area contributed by atoms with Crippen molar-refractivity contribution in [3.63, 3.8) is 0 Å². The maximum atomic E-state index is 12.6. The first-order valence-electron chi connectivity index (χ1n) is 8.88. The van der Waals surface area contributed by atoms with E-state index >= 15 is 0 Å². The second-order valence-corrected chi connectivity index (χ2v) is 6.58. The highest BCUT2D eigenvalue weighted by Crippen LogP contribution is 2.34. The molecule has 28 heavy (non-hydrogen) atoms. The molecule has 0 aliphatic heterocycles. The van der Waals surface area contributed by atoms with Crippen LogP contribution in [0.2, 0.25) is 0 Å². The number of nitrogens with zero attached hydrogens (tertiary/aromatic N) is 6. The van der Waals surface area contributed by atoms with Crippen LogP contribution < -0.4 is 0 Å². The molecule has 1 aliphatic rings. The highest BCUT2D eigenvalue weighted by Gasteiger charge is 2.25. The molecule has 7 nitrogen and oxygen atoms in total. The summed E-state index contributed by atoms with van der Waals surface area (Å²) in [4.78, 5) is 18.2. The molecule has 2 aromatic rings. The van der Waals surface area contributed by atoms with Gasteiger partial charge in [-0.3, -0.25) is 4.79 Å². The Kier molecular flexibility index (Phi) is 5.92. The van der Waals surface area contributed by atoms with Gasteiger partial charge in [-0.05, 0) is 46.2 Å². The Bertz CT molecular complexity index is 1040. The van der Waals surface area contributed by atoms with Crippen molar-refractivity contribution < 1.29 is 4.79 Å². The largest absolute Gasteiger partial charge is 0.294 e. The molecule has 3 rings (SSSR count). The molecule has 1 fully saturated rings. The normalized spacial score (nSPS) is 19.2. The van der Waals surface area contributed by atoms with Gasteiger partial charge >= 0.3 is 0 Å². The number of carbonyl (C=O) groups is 1. The first kappa shape index (κ1) is 19.0. The van der Waals surface area contributed by atoms with Crippen LogP contribution in [-0.4, -0.2) is 5.78 Å². The van der Waals surface area contributed by atoms with E-state index in [1.54, 1.807) is 24.3 Å². The predicted molar refractivity (Wildman–Crippen MR) is 110 cm³/mol. The van der Waals surface area contributed by atoms with Crippen LogP contribution >= 0.6 is 0 Å². The molecule has 1 saturated carbocycles. The molecule has 138 valence electrons. The average Bonchev–Trinajstić information content (AvgIpc) is 2.70. The van der Waals surface area contributed by atoms with Gasteiger partial charge in [0.2, 0.25) is 0 Å². The topological polar surface area (TPSA) is 115 Å². The molecule has 1 atom stereocenters. The summed E-state index contributed by atoms with van der Waals surface area (Å²) in [6, 6.07) is 14.3. The number of hydrogen-bond acceptors (Lipinski definition) is 3. The number of Topliss-reactive ketones (excluding diaryl/α,β-unsaturated/α-hetero) is 1. The van der Waals surface area contributed by atoms with Crippen LogP contribution in [0.1, 0.15) is 30.9 Å². The molecular weight excluding hydrogens is 352 g/mol. The number of hydrogen-bond donors (Lipinski definition) is 0.